The molecule has 0 saturated carbocycles. The molecule has 0 bridgehead atoms. The molecule has 0 unspecified atom stereocenters. The summed E-state index contributed by atoms with van der Waals surface area (Å²) in [6.45, 7) is 4.09. The Morgan fingerprint density at radius 1 is 1.21 bits per heavy atom. The van der Waals surface area contributed by atoms with Gasteiger partial charge >= 0.3 is 0 Å². The number of halogens is 1. The van der Waals surface area contributed by atoms with Crippen LogP contribution in [-0.4, -0.2) is 41.5 Å². The molecule has 1 aromatic carbocycles. The fourth-order valence-electron chi connectivity index (χ4n) is 4.44. The second-order valence-corrected chi connectivity index (χ2v) is 9.85. The van der Waals surface area contributed by atoms with Crippen molar-refractivity contribution in [3.05, 3.63) is 99.1 Å². The molecule has 5 rings (SSSR count). The standard InChI is InChI=1S/C28H24FN7O2S/c1-18-13-23(33-36(18)24-9-4-3-8-22(24)29)26-19(2)32-28-35(27(26)38)21(17-39-28)14-25(37)34(12-6-10-30)16-20-7-5-11-31-15-20/h3-5,7-9,11,13,15,17H,6,12,14,16H2,1-2H3. The lowest BCUT2D eigenvalue weighted by Crippen LogP contribution is -2.33. The topological polar surface area (TPSA) is 109 Å². The largest absolute Gasteiger partial charge is 0.337 e. The van der Waals surface area contributed by atoms with Gasteiger partial charge in [0.25, 0.3) is 5.56 Å². The Morgan fingerprint density at radius 3 is 2.77 bits per heavy atom. The number of pyridine rings is 1. The summed E-state index contributed by atoms with van der Waals surface area (Å²) in [6.07, 6.45) is 3.48. The molecule has 0 N–H and O–H groups in total. The molecule has 5 aromatic rings. The molecule has 0 aliphatic rings. The first-order chi connectivity index (χ1) is 18.9. The number of thiazole rings is 1. The number of carbonyl (C=O) groups is 1. The molecule has 0 fully saturated rings. The lowest BCUT2D eigenvalue weighted by atomic mass is 10.1. The maximum absolute atomic E-state index is 14.5. The first kappa shape index (κ1) is 25.9. The molecule has 0 aliphatic carbocycles. The van der Waals surface area contributed by atoms with Gasteiger partial charge in [0, 0.05) is 42.3 Å². The quantitative estimate of drug-likeness (QED) is 0.291. The second-order valence-electron chi connectivity index (χ2n) is 9.02. The summed E-state index contributed by atoms with van der Waals surface area (Å²) in [6, 6.07) is 13.8. The number of hydrogen-bond donors (Lipinski definition) is 0. The molecule has 9 nitrogen and oxygen atoms in total. The molecule has 0 spiro atoms. The molecule has 0 saturated heterocycles. The van der Waals surface area contributed by atoms with Crippen LogP contribution < -0.4 is 5.56 Å². The van der Waals surface area contributed by atoms with Crippen LogP contribution in [0.25, 0.3) is 21.9 Å². The summed E-state index contributed by atoms with van der Waals surface area (Å²) in [4.78, 5) is 37.9. The van der Waals surface area contributed by atoms with Crippen molar-refractivity contribution in [2.45, 2.75) is 33.2 Å². The highest BCUT2D eigenvalue weighted by Crippen LogP contribution is 2.24. The predicted octanol–water partition coefficient (Wildman–Crippen LogP) is 4.24. The molecule has 4 heterocycles. The Hall–Kier alpha value is -4.69. The van der Waals surface area contributed by atoms with Crippen molar-refractivity contribution in [1.29, 1.82) is 5.26 Å². The molecular formula is C28H24FN7O2S. The van der Waals surface area contributed by atoms with E-state index in [9.17, 15) is 14.0 Å². The van der Waals surface area contributed by atoms with Crippen LogP contribution in [0.4, 0.5) is 4.39 Å². The Labute approximate surface area is 227 Å². The molecule has 0 aliphatic heterocycles. The highest BCUT2D eigenvalue weighted by Gasteiger charge is 2.22. The number of para-hydroxylation sites is 1. The minimum Gasteiger partial charge on any atom is -0.337 e. The van der Waals surface area contributed by atoms with E-state index < -0.39 is 5.82 Å². The third-order valence-corrected chi connectivity index (χ3v) is 7.19. The molecule has 39 heavy (non-hydrogen) atoms. The monoisotopic (exact) mass is 541 g/mol. The summed E-state index contributed by atoms with van der Waals surface area (Å²) < 4.78 is 17.4. The number of aromatic nitrogens is 5. The Kier molecular flexibility index (Phi) is 7.29. The second kappa shape index (κ2) is 11.0. The maximum atomic E-state index is 14.5. The number of nitrogens with zero attached hydrogens (tertiary/aromatic N) is 7. The van der Waals surface area contributed by atoms with Gasteiger partial charge in [0.2, 0.25) is 5.91 Å². The van der Waals surface area contributed by atoms with Gasteiger partial charge in [-0.2, -0.15) is 10.4 Å². The summed E-state index contributed by atoms with van der Waals surface area (Å²) >= 11 is 1.27. The minimum atomic E-state index is -0.428. The van der Waals surface area contributed by atoms with E-state index in [-0.39, 0.29) is 42.1 Å². The zero-order valence-electron chi connectivity index (χ0n) is 21.3. The molecule has 0 radical (unpaired) electrons. The molecular weight excluding hydrogens is 517 g/mol. The molecule has 1 amide bonds. The van der Waals surface area contributed by atoms with Gasteiger partial charge in [-0.1, -0.05) is 18.2 Å². The van der Waals surface area contributed by atoms with Crippen LogP contribution >= 0.6 is 11.3 Å². The van der Waals surface area contributed by atoms with Gasteiger partial charge in [-0.3, -0.25) is 19.0 Å². The molecule has 0 atom stereocenters. The number of rotatable bonds is 8. The van der Waals surface area contributed by atoms with Crippen molar-refractivity contribution >= 4 is 22.2 Å². The van der Waals surface area contributed by atoms with E-state index in [1.807, 2.05) is 6.07 Å². The molecule has 11 heteroatoms. The van der Waals surface area contributed by atoms with Crippen LogP contribution in [0.3, 0.4) is 0 Å². The van der Waals surface area contributed by atoms with Crippen molar-refractivity contribution in [2.24, 2.45) is 0 Å². The number of aryl methyl sites for hydroxylation is 2. The van der Waals surface area contributed by atoms with E-state index in [1.165, 1.54) is 26.5 Å². The van der Waals surface area contributed by atoms with E-state index in [0.717, 1.165) is 5.56 Å². The van der Waals surface area contributed by atoms with Gasteiger partial charge < -0.3 is 4.90 Å². The molecule has 4 aromatic heterocycles. The number of hydrogen-bond acceptors (Lipinski definition) is 7. The average Bonchev–Trinajstić information content (AvgIpc) is 3.50. The van der Waals surface area contributed by atoms with Crippen molar-refractivity contribution in [1.82, 2.24) is 29.0 Å². The predicted molar refractivity (Wildman–Crippen MR) is 145 cm³/mol. The van der Waals surface area contributed by atoms with Crippen LogP contribution in [0.1, 0.15) is 29.1 Å². The fourth-order valence-corrected chi connectivity index (χ4v) is 5.37. The van der Waals surface area contributed by atoms with Gasteiger partial charge in [-0.15, -0.1) is 11.3 Å². The number of carbonyl (C=O) groups excluding carboxylic acids is 1. The number of amides is 1. The van der Waals surface area contributed by atoms with Crippen molar-refractivity contribution < 1.29 is 9.18 Å². The van der Waals surface area contributed by atoms with Gasteiger partial charge in [0.05, 0.1) is 30.2 Å². The Bertz CT molecular complexity index is 1770. The molecule has 196 valence electrons. The van der Waals surface area contributed by atoms with Gasteiger partial charge in [0.15, 0.2) is 4.96 Å². The van der Waals surface area contributed by atoms with Crippen molar-refractivity contribution in [2.75, 3.05) is 6.54 Å². The van der Waals surface area contributed by atoms with Crippen molar-refractivity contribution in [3.63, 3.8) is 0 Å². The Balaban J connectivity index is 1.51. The smallest absolute Gasteiger partial charge is 0.268 e. The number of fused-ring (bicyclic) bond motifs is 1. The third kappa shape index (κ3) is 5.19. The van der Waals surface area contributed by atoms with Gasteiger partial charge in [0.1, 0.15) is 17.2 Å². The van der Waals surface area contributed by atoms with Crippen LogP contribution in [-0.2, 0) is 17.8 Å². The lowest BCUT2D eigenvalue weighted by Gasteiger charge is -2.21. The number of benzene rings is 1. The average molecular weight is 542 g/mol. The summed E-state index contributed by atoms with van der Waals surface area (Å²) in [5.41, 5.74) is 3.07. The summed E-state index contributed by atoms with van der Waals surface area (Å²) in [5, 5.41) is 15.4. The minimum absolute atomic E-state index is 0.0432. The van der Waals surface area contributed by atoms with Crippen LogP contribution in [0.2, 0.25) is 0 Å². The third-order valence-electron chi connectivity index (χ3n) is 6.32. The highest BCUT2D eigenvalue weighted by molar-refractivity contribution is 7.15. The van der Waals surface area contributed by atoms with E-state index in [0.29, 0.717) is 34.3 Å². The number of nitriles is 1. The first-order valence-electron chi connectivity index (χ1n) is 12.2. The Morgan fingerprint density at radius 2 is 2.03 bits per heavy atom. The van der Waals surface area contributed by atoms with Crippen molar-refractivity contribution in [3.8, 4) is 23.0 Å². The fraction of sp³-hybridized carbons (Fsp3) is 0.214. The summed E-state index contributed by atoms with van der Waals surface area (Å²) in [5.74, 6) is -0.648. The van der Waals surface area contributed by atoms with E-state index in [1.54, 1.807) is 66.9 Å². The lowest BCUT2D eigenvalue weighted by molar-refractivity contribution is -0.131. The van der Waals surface area contributed by atoms with E-state index in [2.05, 4.69) is 21.1 Å². The van der Waals surface area contributed by atoms with Gasteiger partial charge in [-0.25, -0.2) is 14.1 Å². The highest BCUT2D eigenvalue weighted by atomic mass is 32.1. The van der Waals surface area contributed by atoms with Crippen LogP contribution in [0, 0.1) is 31.0 Å². The maximum Gasteiger partial charge on any atom is 0.268 e. The normalized spacial score (nSPS) is 11.0. The van der Waals surface area contributed by atoms with Crippen LogP contribution in [0.15, 0.2) is 65.0 Å². The zero-order valence-corrected chi connectivity index (χ0v) is 22.2. The first-order valence-corrected chi connectivity index (χ1v) is 13.1. The van der Waals surface area contributed by atoms with Crippen LogP contribution in [0.5, 0.6) is 0 Å². The SMILES string of the molecule is Cc1nc2scc(CC(=O)N(CCC#N)Cc3cccnc3)n2c(=O)c1-c1cc(C)n(-c2ccccc2F)n1. The zero-order chi connectivity index (χ0) is 27.5. The van der Waals surface area contributed by atoms with Gasteiger partial charge in [-0.05, 0) is 43.7 Å². The van der Waals surface area contributed by atoms with E-state index in [4.69, 9.17) is 5.26 Å². The summed E-state index contributed by atoms with van der Waals surface area (Å²) in [7, 11) is 0. The van der Waals surface area contributed by atoms with E-state index >= 15 is 0 Å².